The van der Waals surface area contributed by atoms with Crippen molar-refractivity contribution < 1.29 is 37.1 Å². The Bertz CT molecular complexity index is 1100. The highest BCUT2D eigenvalue weighted by Gasteiger charge is 2.39. The van der Waals surface area contributed by atoms with Crippen LogP contribution in [0.25, 0.3) is 11.5 Å². The smallest absolute Gasteiger partial charge is 0.455 e. The predicted molar refractivity (Wildman–Crippen MR) is 105 cm³/mol. The number of nitrogens with zero attached hydrogens (tertiary/aromatic N) is 2. The predicted octanol–water partition coefficient (Wildman–Crippen LogP) is 3.72. The van der Waals surface area contributed by atoms with E-state index in [2.05, 4.69) is 27.3 Å². The summed E-state index contributed by atoms with van der Waals surface area (Å²) in [7, 11) is 0. The van der Waals surface area contributed by atoms with Crippen LogP contribution >= 0.6 is 11.3 Å². The highest BCUT2D eigenvalue weighted by Crippen LogP contribution is 2.44. The van der Waals surface area contributed by atoms with Gasteiger partial charge in [-0.15, -0.1) is 11.3 Å². The molecule has 1 aliphatic heterocycles. The van der Waals surface area contributed by atoms with Crippen molar-refractivity contribution >= 4 is 28.2 Å². The lowest BCUT2D eigenvalue weighted by atomic mass is 9.79. The highest BCUT2D eigenvalue weighted by molar-refractivity contribution is 7.17. The summed E-state index contributed by atoms with van der Waals surface area (Å²) >= 11 is 1.19. The van der Waals surface area contributed by atoms with Crippen molar-refractivity contribution in [2.24, 2.45) is 11.8 Å². The zero-order valence-corrected chi connectivity index (χ0v) is 17.4. The number of hydrogen-bond donors (Lipinski definition) is 2. The molecule has 0 aromatic carbocycles. The molecule has 1 fully saturated rings. The summed E-state index contributed by atoms with van der Waals surface area (Å²) in [5, 5.41) is 15.0. The van der Waals surface area contributed by atoms with Crippen molar-refractivity contribution in [1.82, 2.24) is 10.1 Å². The molecule has 2 atom stereocenters. The molecule has 0 bridgehead atoms. The van der Waals surface area contributed by atoms with E-state index in [1.807, 2.05) is 0 Å². The Morgan fingerprint density at radius 1 is 1.25 bits per heavy atom. The lowest BCUT2D eigenvalue weighted by Crippen LogP contribution is -2.31. The van der Waals surface area contributed by atoms with Crippen molar-refractivity contribution in [3.8, 4) is 23.3 Å². The number of aromatic nitrogens is 2. The van der Waals surface area contributed by atoms with Crippen LogP contribution in [0, 0.1) is 23.7 Å². The second kappa shape index (κ2) is 8.91. The first-order chi connectivity index (χ1) is 15.2. The zero-order valence-electron chi connectivity index (χ0n) is 16.6. The Balaban J connectivity index is 1.66. The molecule has 32 heavy (non-hydrogen) atoms. The van der Waals surface area contributed by atoms with Crippen molar-refractivity contribution in [3.63, 3.8) is 0 Å². The first-order valence-electron chi connectivity index (χ1n) is 9.93. The fourth-order valence-electron chi connectivity index (χ4n) is 3.96. The molecule has 0 saturated heterocycles. The van der Waals surface area contributed by atoms with Gasteiger partial charge < -0.3 is 19.7 Å². The van der Waals surface area contributed by atoms with Crippen LogP contribution in [0.4, 0.5) is 18.2 Å². The van der Waals surface area contributed by atoms with E-state index in [9.17, 15) is 22.8 Å². The number of alkyl halides is 3. The third kappa shape index (κ3) is 4.63. The van der Waals surface area contributed by atoms with E-state index >= 15 is 0 Å². The number of halogens is 3. The minimum atomic E-state index is -4.76. The molecule has 170 valence electrons. The van der Waals surface area contributed by atoms with Gasteiger partial charge in [-0.05, 0) is 24.8 Å². The molecule has 2 aromatic rings. The Kier molecular flexibility index (Phi) is 6.21. The summed E-state index contributed by atoms with van der Waals surface area (Å²) in [6, 6.07) is 0. The first kappa shape index (κ1) is 22.3. The maximum absolute atomic E-state index is 13.1. The van der Waals surface area contributed by atoms with Crippen LogP contribution in [-0.4, -0.2) is 33.7 Å². The molecular formula is C20H18F3N3O5S. The molecule has 8 nitrogen and oxygen atoms in total. The van der Waals surface area contributed by atoms with Gasteiger partial charge in [0.1, 0.15) is 5.00 Å². The molecule has 0 unspecified atom stereocenters. The van der Waals surface area contributed by atoms with Gasteiger partial charge in [0.25, 0.3) is 11.7 Å². The Hall–Kier alpha value is -2.91. The second-order valence-electron chi connectivity index (χ2n) is 7.49. The minimum absolute atomic E-state index is 0.263. The average Bonchev–Trinajstić information content (AvgIpc) is 3.36. The quantitative estimate of drug-likeness (QED) is 0.659. The van der Waals surface area contributed by atoms with Crippen LogP contribution in [0.3, 0.4) is 0 Å². The molecular weight excluding hydrogens is 451 g/mol. The molecule has 2 N–H and O–H groups in total. The topological polar surface area (TPSA) is 115 Å². The molecule has 12 heteroatoms. The van der Waals surface area contributed by atoms with Gasteiger partial charge in [-0.2, -0.15) is 18.2 Å². The van der Waals surface area contributed by atoms with Gasteiger partial charge in [0.2, 0.25) is 5.91 Å². The van der Waals surface area contributed by atoms with Gasteiger partial charge in [0.15, 0.2) is 0 Å². The lowest BCUT2D eigenvalue weighted by molar-refractivity contribution is -0.146. The first-order valence-corrected chi connectivity index (χ1v) is 10.7. The summed E-state index contributed by atoms with van der Waals surface area (Å²) in [6.45, 7) is 0.638. The van der Waals surface area contributed by atoms with E-state index in [4.69, 9.17) is 14.4 Å². The number of thiophene rings is 1. The second-order valence-corrected chi connectivity index (χ2v) is 8.60. The Morgan fingerprint density at radius 2 is 2.03 bits per heavy atom. The fraction of sp³-hybridized carbons (Fsp3) is 0.500. The molecule has 0 radical (unpaired) electrons. The maximum Gasteiger partial charge on any atom is 0.455 e. The van der Waals surface area contributed by atoms with E-state index in [1.54, 1.807) is 0 Å². The van der Waals surface area contributed by atoms with Crippen LogP contribution < -0.4 is 5.32 Å². The number of aliphatic carboxylic acids is 1. The summed E-state index contributed by atoms with van der Waals surface area (Å²) in [5.41, 5.74) is 0.980. The molecule has 2 aliphatic rings. The van der Waals surface area contributed by atoms with Crippen LogP contribution in [0.15, 0.2) is 4.52 Å². The SMILES string of the molecule is O=C(O)C#C[C@H]1CCCC[C@H]1C(=O)Nc1sc2c(c1-c1nc(C(F)(F)F)no1)CCOC2. The van der Waals surface area contributed by atoms with Gasteiger partial charge in [-0.3, -0.25) is 4.79 Å². The van der Waals surface area contributed by atoms with Crippen LogP contribution in [0.2, 0.25) is 0 Å². The third-order valence-corrected chi connectivity index (χ3v) is 6.54. The summed E-state index contributed by atoms with van der Waals surface area (Å²) in [6.07, 6.45) is -1.57. The van der Waals surface area contributed by atoms with Crippen LogP contribution in [0.5, 0.6) is 0 Å². The molecule has 1 saturated carbocycles. The fourth-order valence-corrected chi connectivity index (χ4v) is 5.14. The number of ether oxygens (including phenoxy) is 1. The van der Waals surface area contributed by atoms with E-state index in [0.717, 1.165) is 17.7 Å². The summed E-state index contributed by atoms with van der Waals surface area (Å²) in [5.74, 6) is 0.450. The molecule has 1 amide bonds. The number of amides is 1. The van der Waals surface area contributed by atoms with E-state index in [-0.39, 0.29) is 24.0 Å². The minimum Gasteiger partial charge on any atom is -0.472 e. The van der Waals surface area contributed by atoms with Crippen molar-refractivity contribution in [2.75, 3.05) is 11.9 Å². The number of rotatable bonds is 3. The van der Waals surface area contributed by atoms with Gasteiger partial charge in [-0.1, -0.05) is 23.9 Å². The van der Waals surface area contributed by atoms with E-state index < -0.39 is 29.8 Å². The average molecular weight is 469 g/mol. The molecule has 2 aromatic heterocycles. The highest BCUT2D eigenvalue weighted by atomic mass is 32.1. The number of fused-ring (bicyclic) bond motifs is 1. The standard InChI is InChI=1S/C20H18F3N3O5S/c21-20(22,23)19-25-17(31-26-19)15-12-7-8-30-9-13(12)32-18(15)24-16(29)11-4-2-1-3-10(11)5-6-14(27)28/h10-11H,1-4,7-9H2,(H,24,29)(H,27,28)/t10-,11-/m1/s1. The molecule has 0 spiro atoms. The zero-order chi connectivity index (χ0) is 22.9. The van der Waals surface area contributed by atoms with Gasteiger partial charge in [0.05, 0.1) is 24.7 Å². The van der Waals surface area contributed by atoms with Gasteiger partial charge in [0, 0.05) is 16.7 Å². The van der Waals surface area contributed by atoms with E-state index in [1.165, 1.54) is 11.3 Å². The molecule has 1 aliphatic carbocycles. The number of nitrogens with one attached hydrogen (secondary N) is 1. The van der Waals surface area contributed by atoms with Crippen LogP contribution in [0.1, 0.15) is 41.9 Å². The van der Waals surface area contributed by atoms with Gasteiger partial charge >= 0.3 is 12.1 Å². The molecule has 4 rings (SSSR count). The van der Waals surface area contributed by atoms with Crippen molar-refractivity contribution in [1.29, 1.82) is 0 Å². The monoisotopic (exact) mass is 469 g/mol. The number of carbonyl (C=O) groups is 2. The Morgan fingerprint density at radius 3 is 2.75 bits per heavy atom. The van der Waals surface area contributed by atoms with Gasteiger partial charge in [-0.25, -0.2) is 4.79 Å². The number of carboxylic acids is 1. The van der Waals surface area contributed by atoms with E-state index in [0.29, 0.717) is 36.4 Å². The number of carbonyl (C=O) groups excluding carboxylic acids is 1. The summed E-state index contributed by atoms with van der Waals surface area (Å²) in [4.78, 5) is 28.2. The third-order valence-electron chi connectivity index (χ3n) is 5.42. The maximum atomic E-state index is 13.1. The van der Waals surface area contributed by atoms with Crippen molar-refractivity contribution in [3.05, 3.63) is 16.3 Å². The van der Waals surface area contributed by atoms with Crippen molar-refractivity contribution in [2.45, 2.75) is 44.9 Å². The Labute approximate surface area is 184 Å². The summed E-state index contributed by atoms with van der Waals surface area (Å²) < 4.78 is 49.3. The lowest BCUT2D eigenvalue weighted by Gasteiger charge is -2.26. The number of hydrogen-bond acceptors (Lipinski definition) is 7. The largest absolute Gasteiger partial charge is 0.472 e. The normalized spacial score (nSPS) is 20.7. The molecule has 3 heterocycles. The van der Waals surface area contributed by atoms with Crippen LogP contribution in [-0.2, 0) is 33.5 Å². The number of carboxylic acid groups (broad SMARTS) is 1. The number of anilines is 1.